The van der Waals surface area contributed by atoms with Crippen molar-refractivity contribution in [3.8, 4) is 0 Å². The lowest BCUT2D eigenvalue weighted by Gasteiger charge is -2.41. The Morgan fingerprint density at radius 3 is 2.64 bits per heavy atom. The lowest BCUT2D eigenvalue weighted by atomic mass is 9.94. The summed E-state index contributed by atoms with van der Waals surface area (Å²) in [6.45, 7) is 7.09. The van der Waals surface area contributed by atoms with Crippen LogP contribution >= 0.6 is 0 Å². The van der Waals surface area contributed by atoms with Crippen LogP contribution in [0.25, 0.3) is 0 Å². The van der Waals surface area contributed by atoms with Crippen molar-refractivity contribution in [2.24, 2.45) is 0 Å². The summed E-state index contributed by atoms with van der Waals surface area (Å²) in [5.74, 6) is 0.113. The summed E-state index contributed by atoms with van der Waals surface area (Å²) < 4.78 is 0. The Bertz CT molecular complexity index is 712. The molecule has 0 unspecified atom stereocenters. The number of aryl methyl sites for hydroxylation is 1. The number of carbonyl (C=O) groups is 1. The average Bonchev–Trinajstić information content (AvgIpc) is 2.65. The number of nitrogens with one attached hydrogen (secondary N) is 1. The second kappa shape index (κ2) is 7.79. The van der Waals surface area contributed by atoms with Crippen LogP contribution in [0.1, 0.15) is 37.0 Å². The molecule has 0 saturated heterocycles. The van der Waals surface area contributed by atoms with E-state index in [0.717, 1.165) is 31.5 Å². The molecule has 0 saturated carbocycles. The Kier molecular flexibility index (Phi) is 5.49. The molecule has 1 N–H and O–H groups in total. The Labute approximate surface area is 150 Å². The van der Waals surface area contributed by atoms with Gasteiger partial charge in [-0.15, -0.1) is 0 Å². The fourth-order valence-corrected chi connectivity index (χ4v) is 3.33. The van der Waals surface area contributed by atoms with E-state index >= 15 is 0 Å². The third-order valence-corrected chi connectivity index (χ3v) is 5.09. The predicted molar refractivity (Wildman–Crippen MR) is 100 cm³/mol. The van der Waals surface area contributed by atoms with Gasteiger partial charge in [0.1, 0.15) is 0 Å². The van der Waals surface area contributed by atoms with Gasteiger partial charge in [-0.05, 0) is 55.5 Å². The summed E-state index contributed by atoms with van der Waals surface area (Å²) in [5, 5.41) is 3.12. The molecule has 4 heteroatoms. The molecule has 0 fully saturated rings. The highest BCUT2D eigenvalue weighted by atomic mass is 16.1. The number of carbonyl (C=O) groups excluding carboxylic acids is 1. The van der Waals surface area contributed by atoms with Crippen LogP contribution in [0, 0.1) is 0 Å². The molecule has 1 aromatic heterocycles. The summed E-state index contributed by atoms with van der Waals surface area (Å²) in [6, 6.07) is 12.6. The van der Waals surface area contributed by atoms with Crippen molar-refractivity contribution in [1.82, 2.24) is 15.2 Å². The fourth-order valence-electron chi connectivity index (χ4n) is 3.33. The van der Waals surface area contributed by atoms with Crippen LogP contribution in [0.5, 0.6) is 0 Å². The van der Waals surface area contributed by atoms with Gasteiger partial charge in [-0.2, -0.15) is 0 Å². The molecule has 1 aliphatic heterocycles. The molecule has 4 nitrogen and oxygen atoms in total. The molecule has 2 aromatic rings. The van der Waals surface area contributed by atoms with Crippen LogP contribution in [-0.2, 0) is 24.2 Å². The predicted octanol–water partition coefficient (Wildman–Crippen LogP) is 2.97. The molecule has 1 aromatic carbocycles. The summed E-state index contributed by atoms with van der Waals surface area (Å²) in [5.41, 5.74) is 3.96. The molecule has 132 valence electrons. The zero-order valence-corrected chi connectivity index (χ0v) is 15.2. The summed E-state index contributed by atoms with van der Waals surface area (Å²) in [7, 11) is 0. The lowest BCUT2D eigenvalue weighted by molar-refractivity contribution is -0.121. The van der Waals surface area contributed by atoms with Crippen LogP contribution < -0.4 is 5.32 Å². The van der Waals surface area contributed by atoms with E-state index in [1.807, 2.05) is 12.1 Å². The third-order valence-electron chi connectivity index (χ3n) is 5.09. The maximum atomic E-state index is 12.2. The largest absolute Gasteiger partial charge is 0.354 e. The molecule has 3 rings (SSSR count). The van der Waals surface area contributed by atoms with Gasteiger partial charge >= 0.3 is 0 Å². The zero-order valence-electron chi connectivity index (χ0n) is 15.2. The van der Waals surface area contributed by atoms with Crippen molar-refractivity contribution in [2.45, 2.75) is 45.2 Å². The minimum atomic E-state index is -0.0557. The van der Waals surface area contributed by atoms with E-state index in [1.54, 1.807) is 12.4 Å². The van der Waals surface area contributed by atoms with E-state index in [-0.39, 0.29) is 11.4 Å². The van der Waals surface area contributed by atoms with Crippen LogP contribution in [0.15, 0.2) is 48.8 Å². The molecular formula is C21H27N3O. The number of fused-ring (bicyclic) bond motifs is 1. The molecule has 0 radical (unpaired) electrons. The smallest absolute Gasteiger partial charge is 0.220 e. The van der Waals surface area contributed by atoms with Crippen molar-refractivity contribution >= 4 is 5.91 Å². The number of pyridine rings is 1. The lowest BCUT2D eigenvalue weighted by Crippen LogP contribution is -2.53. The van der Waals surface area contributed by atoms with Crippen LogP contribution in [0.2, 0.25) is 0 Å². The van der Waals surface area contributed by atoms with Gasteiger partial charge in [-0.1, -0.05) is 24.3 Å². The van der Waals surface area contributed by atoms with E-state index in [1.165, 1.54) is 11.1 Å². The van der Waals surface area contributed by atoms with E-state index < -0.39 is 0 Å². The second-order valence-corrected chi connectivity index (χ2v) is 7.38. The first-order valence-electron chi connectivity index (χ1n) is 9.02. The topological polar surface area (TPSA) is 45.2 Å². The first kappa shape index (κ1) is 17.6. The standard InChI is InChI=1S/C21H27N3O/c1-21(2,24-14-11-18-5-3-4-6-19(18)15-24)16-23-20(25)8-7-17-9-12-22-13-10-17/h3-6,9-10,12-13H,7-8,11,14-16H2,1-2H3,(H,23,25). The molecule has 0 aliphatic carbocycles. The average molecular weight is 337 g/mol. The normalized spacial score (nSPS) is 14.8. The van der Waals surface area contributed by atoms with Gasteiger partial charge in [0, 0.05) is 44.0 Å². The Morgan fingerprint density at radius 2 is 1.88 bits per heavy atom. The SMILES string of the molecule is CC(C)(CNC(=O)CCc1ccncc1)N1CCc2ccccc2C1. The second-order valence-electron chi connectivity index (χ2n) is 7.38. The number of nitrogens with zero attached hydrogens (tertiary/aromatic N) is 2. The Hall–Kier alpha value is -2.20. The van der Waals surface area contributed by atoms with Crippen LogP contribution in [-0.4, -0.2) is 34.4 Å². The number of rotatable bonds is 6. The van der Waals surface area contributed by atoms with Crippen molar-refractivity contribution in [3.63, 3.8) is 0 Å². The van der Waals surface area contributed by atoms with Gasteiger partial charge in [-0.25, -0.2) is 0 Å². The minimum Gasteiger partial charge on any atom is -0.354 e. The summed E-state index contributed by atoms with van der Waals surface area (Å²) in [6.07, 6.45) is 5.89. The number of aromatic nitrogens is 1. The van der Waals surface area contributed by atoms with Crippen LogP contribution in [0.4, 0.5) is 0 Å². The van der Waals surface area contributed by atoms with Gasteiger partial charge < -0.3 is 5.32 Å². The molecule has 25 heavy (non-hydrogen) atoms. The van der Waals surface area contributed by atoms with Crippen molar-refractivity contribution in [3.05, 3.63) is 65.5 Å². The minimum absolute atomic E-state index is 0.0557. The number of amides is 1. The first-order valence-corrected chi connectivity index (χ1v) is 9.02. The molecule has 1 amide bonds. The van der Waals surface area contributed by atoms with Crippen molar-refractivity contribution in [1.29, 1.82) is 0 Å². The van der Waals surface area contributed by atoms with Gasteiger partial charge in [0.2, 0.25) is 5.91 Å². The molecule has 0 spiro atoms. The highest BCUT2D eigenvalue weighted by Gasteiger charge is 2.29. The highest BCUT2D eigenvalue weighted by Crippen LogP contribution is 2.24. The Morgan fingerprint density at radius 1 is 1.16 bits per heavy atom. The van der Waals surface area contributed by atoms with Crippen molar-refractivity contribution < 1.29 is 4.79 Å². The van der Waals surface area contributed by atoms with Gasteiger partial charge in [0.05, 0.1) is 0 Å². The van der Waals surface area contributed by atoms with Crippen molar-refractivity contribution in [2.75, 3.05) is 13.1 Å². The monoisotopic (exact) mass is 337 g/mol. The van der Waals surface area contributed by atoms with E-state index in [0.29, 0.717) is 13.0 Å². The fraction of sp³-hybridized carbons (Fsp3) is 0.429. The molecule has 0 atom stereocenters. The van der Waals surface area contributed by atoms with E-state index in [2.05, 4.69) is 53.3 Å². The summed E-state index contributed by atoms with van der Waals surface area (Å²) in [4.78, 5) is 18.7. The summed E-state index contributed by atoms with van der Waals surface area (Å²) >= 11 is 0. The third kappa shape index (κ3) is 4.67. The maximum Gasteiger partial charge on any atom is 0.220 e. The molecule has 0 bridgehead atoms. The first-order chi connectivity index (χ1) is 12.0. The molecule has 2 heterocycles. The quantitative estimate of drug-likeness (QED) is 0.881. The highest BCUT2D eigenvalue weighted by molar-refractivity contribution is 5.76. The van der Waals surface area contributed by atoms with Crippen LogP contribution in [0.3, 0.4) is 0 Å². The number of hydrogen-bond donors (Lipinski definition) is 1. The number of benzene rings is 1. The van der Waals surface area contributed by atoms with Gasteiger partial charge in [0.25, 0.3) is 0 Å². The van der Waals surface area contributed by atoms with E-state index in [9.17, 15) is 4.79 Å². The van der Waals surface area contributed by atoms with E-state index in [4.69, 9.17) is 0 Å². The molecular weight excluding hydrogens is 310 g/mol. The Balaban J connectivity index is 1.49. The zero-order chi connectivity index (χ0) is 17.7. The molecule has 1 aliphatic rings. The maximum absolute atomic E-state index is 12.2. The number of hydrogen-bond acceptors (Lipinski definition) is 3. The van der Waals surface area contributed by atoms with Gasteiger partial charge in [0.15, 0.2) is 0 Å². The van der Waals surface area contributed by atoms with Gasteiger partial charge in [-0.3, -0.25) is 14.7 Å².